The van der Waals surface area contributed by atoms with Crippen LogP contribution in [-0.2, 0) is 10.0 Å². The summed E-state index contributed by atoms with van der Waals surface area (Å²) in [6, 6.07) is 12.5. The van der Waals surface area contributed by atoms with Crippen molar-refractivity contribution in [2.24, 2.45) is 0 Å². The van der Waals surface area contributed by atoms with Crippen LogP contribution >= 0.6 is 0 Å². The van der Waals surface area contributed by atoms with Gasteiger partial charge < -0.3 is 5.32 Å². The molecule has 5 nitrogen and oxygen atoms in total. The zero-order valence-corrected chi connectivity index (χ0v) is 15.8. The Kier molecular flexibility index (Phi) is 5.85. The molecule has 0 heterocycles. The summed E-state index contributed by atoms with van der Waals surface area (Å²) in [5.74, 6) is -0.232. The molecule has 2 rings (SSSR count). The minimum atomic E-state index is -3.38. The highest BCUT2D eigenvalue weighted by Gasteiger charge is 2.16. The molecule has 2 N–H and O–H groups in total. The number of nitrogens with one attached hydrogen (secondary N) is 2. The van der Waals surface area contributed by atoms with Crippen molar-refractivity contribution in [2.45, 2.75) is 33.2 Å². The number of sulfonamides is 1. The Hall–Kier alpha value is -2.34. The smallest absolute Gasteiger partial charge is 0.251 e. The van der Waals surface area contributed by atoms with Crippen molar-refractivity contribution in [3.63, 3.8) is 0 Å². The van der Waals surface area contributed by atoms with Crippen LogP contribution in [0.2, 0.25) is 0 Å². The van der Waals surface area contributed by atoms with Gasteiger partial charge in [0.25, 0.3) is 5.91 Å². The number of carbonyl (C=O) groups is 1. The van der Waals surface area contributed by atoms with Gasteiger partial charge in [0.2, 0.25) is 10.0 Å². The first-order valence-corrected chi connectivity index (χ1v) is 10.0. The van der Waals surface area contributed by atoms with Crippen LogP contribution in [0, 0.1) is 13.8 Å². The second-order valence-corrected chi connectivity index (χ2v) is 8.00. The Balaban J connectivity index is 2.21. The zero-order chi connectivity index (χ0) is 18.6. The van der Waals surface area contributed by atoms with Crippen LogP contribution in [0.1, 0.15) is 46.4 Å². The normalized spacial score (nSPS) is 12.5. The lowest BCUT2D eigenvalue weighted by atomic mass is 9.97. The summed E-state index contributed by atoms with van der Waals surface area (Å²) in [4.78, 5) is 12.6. The summed E-state index contributed by atoms with van der Waals surface area (Å²) >= 11 is 0. The fraction of sp³-hybridized carbons (Fsp3) is 0.316. The van der Waals surface area contributed by atoms with E-state index in [-0.39, 0.29) is 11.9 Å². The van der Waals surface area contributed by atoms with Gasteiger partial charge in [-0.25, -0.2) is 8.42 Å². The van der Waals surface area contributed by atoms with Gasteiger partial charge in [-0.1, -0.05) is 36.8 Å². The monoisotopic (exact) mass is 360 g/mol. The molecular formula is C19H24N2O3S. The van der Waals surface area contributed by atoms with Gasteiger partial charge in [-0.05, 0) is 49.6 Å². The van der Waals surface area contributed by atoms with Gasteiger partial charge in [0.05, 0.1) is 12.3 Å². The molecule has 0 saturated carbocycles. The first-order valence-electron chi connectivity index (χ1n) is 8.15. The van der Waals surface area contributed by atoms with Crippen molar-refractivity contribution < 1.29 is 13.2 Å². The first-order chi connectivity index (χ1) is 11.7. The van der Waals surface area contributed by atoms with Gasteiger partial charge in [-0.2, -0.15) is 0 Å². The van der Waals surface area contributed by atoms with E-state index < -0.39 is 10.0 Å². The SMILES string of the molecule is CC[C@@H](NC(=O)c1cccc(NS(C)(=O)=O)c1)c1ccc(C)cc1C. The molecule has 0 radical (unpaired) electrons. The number of aryl methyl sites for hydroxylation is 2. The predicted octanol–water partition coefficient (Wildman–Crippen LogP) is 3.56. The molecule has 25 heavy (non-hydrogen) atoms. The fourth-order valence-electron chi connectivity index (χ4n) is 2.80. The molecule has 0 aromatic heterocycles. The second kappa shape index (κ2) is 7.70. The van der Waals surface area contributed by atoms with Crippen molar-refractivity contribution in [2.75, 3.05) is 11.0 Å². The average molecular weight is 360 g/mol. The summed E-state index contributed by atoms with van der Waals surface area (Å²) in [7, 11) is -3.38. The number of benzene rings is 2. The molecule has 1 atom stereocenters. The third-order valence-corrected chi connectivity index (χ3v) is 4.55. The van der Waals surface area contributed by atoms with E-state index in [9.17, 15) is 13.2 Å². The largest absolute Gasteiger partial charge is 0.345 e. The Labute approximate surface area is 149 Å². The van der Waals surface area contributed by atoms with E-state index in [2.05, 4.69) is 16.1 Å². The summed E-state index contributed by atoms with van der Waals surface area (Å²) in [6.45, 7) is 6.09. The fourth-order valence-corrected chi connectivity index (χ4v) is 3.35. The number of carbonyl (C=O) groups excluding carboxylic acids is 1. The number of anilines is 1. The van der Waals surface area contributed by atoms with E-state index in [1.54, 1.807) is 18.2 Å². The highest BCUT2D eigenvalue weighted by Crippen LogP contribution is 2.22. The zero-order valence-electron chi connectivity index (χ0n) is 15.0. The van der Waals surface area contributed by atoms with Gasteiger partial charge in [-0.15, -0.1) is 0 Å². The third-order valence-electron chi connectivity index (χ3n) is 3.94. The van der Waals surface area contributed by atoms with Crippen LogP contribution in [0.4, 0.5) is 5.69 Å². The minimum absolute atomic E-state index is 0.0976. The molecule has 0 aliphatic carbocycles. The summed E-state index contributed by atoms with van der Waals surface area (Å²) in [5, 5.41) is 3.03. The van der Waals surface area contributed by atoms with Crippen molar-refractivity contribution in [3.05, 3.63) is 64.7 Å². The van der Waals surface area contributed by atoms with Crippen LogP contribution in [0.15, 0.2) is 42.5 Å². The van der Waals surface area contributed by atoms with E-state index >= 15 is 0 Å². The molecule has 2 aromatic carbocycles. The highest BCUT2D eigenvalue weighted by atomic mass is 32.2. The lowest BCUT2D eigenvalue weighted by Crippen LogP contribution is -2.28. The standard InChI is InChI=1S/C19H24N2O3S/c1-5-18(17-10-9-13(2)11-14(17)3)20-19(22)15-7-6-8-16(12-15)21-25(4,23)24/h6-12,18,21H,5H2,1-4H3,(H,20,22)/t18-/m1/s1. The van der Waals surface area contributed by atoms with Crippen LogP contribution < -0.4 is 10.0 Å². The lowest BCUT2D eigenvalue weighted by Gasteiger charge is -2.20. The second-order valence-electron chi connectivity index (χ2n) is 6.25. The molecule has 0 saturated heterocycles. The summed E-state index contributed by atoms with van der Waals surface area (Å²) in [6.07, 6.45) is 1.84. The van der Waals surface area contributed by atoms with Gasteiger partial charge in [0, 0.05) is 11.3 Å². The number of amides is 1. The van der Waals surface area contributed by atoms with Crippen LogP contribution in [-0.4, -0.2) is 20.6 Å². The maximum atomic E-state index is 12.6. The average Bonchev–Trinajstić information content (AvgIpc) is 2.51. The molecule has 0 aliphatic heterocycles. The van der Waals surface area contributed by atoms with Crippen LogP contribution in [0.3, 0.4) is 0 Å². The van der Waals surface area contributed by atoms with E-state index in [0.717, 1.165) is 23.8 Å². The molecule has 0 spiro atoms. The van der Waals surface area contributed by atoms with Crippen LogP contribution in [0.5, 0.6) is 0 Å². The molecule has 0 bridgehead atoms. The highest BCUT2D eigenvalue weighted by molar-refractivity contribution is 7.92. The van der Waals surface area contributed by atoms with E-state index in [4.69, 9.17) is 0 Å². The van der Waals surface area contributed by atoms with Crippen molar-refractivity contribution in [1.29, 1.82) is 0 Å². The maximum absolute atomic E-state index is 12.6. The first kappa shape index (κ1) is 19.0. The quantitative estimate of drug-likeness (QED) is 0.827. The minimum Gasteiger partial charge on any atom is -0.345 e. The Morgan fingerprint density at radius 2 is 1.84 bits per heavy atom. The number of rotatable bonds is 6. The Morgan fingerprint density at radius 1 is 1.12 bits per heavy atom. The molecule has 0 fully saturated rings. The molecule has 0 aliphatic rings. The molecule has 1 amide bonds. The molecular weight excluding hydrogens is 336 g/mol. The summed E-state index contributed by atoms with van der Waals surface area (Å²) < 4.78 is 25.1. The lowest BCUT2D eigenvalue weighted by molar-refractivity contribution is 0.0935. The van der Waals surface area contributed by atoms with Gasteiger partial charge in [0.1, 0.15) is 0 Å². The van der Waals surface area contributed by atoms with E-state index in [1.807, 2.05) is 32.9 Å². The van der Waals surface area contributed by atoms with Gasteiger partial charge in [-0.3, -0.25) is 9.52 Å². The number of hydrogen-bond acceptors (Lipinski definition) is 3. The Morgan fingerprint density at radius 3 is 2.44 bits per heavy atom. The Bertz CT molecular complexity index is 876. The number of hydrogen-bond donors (Lipinski definition) is 2. The van der Waals surface area contributed by atoms with Gasteiger partial charge >= 0.3 is 0 Å². The third kappa shape index (κ3) is 5.32. The predicted molar refractivity (Wildman–Crippen MR) is 101 cm³/mol. The molecule has 2 aromatic rings. The van der Waals surface area contributed by atoms with Gasteiger partial charge in [0.15, 0.2) is 0 Å². The maximum Gasteiger partial charge on any atom is 0.251 e. The van der Waals surface area contributed by atoms with E-state index in [0.29, 0.717) is 11.3 Å². The summed E-state index contributed by atoms with van der Waals surface area (Å²) in [5.41, 5.74) is 4.19. The van der Waals surface area contributed by atoms with Crippen molar-refractivity contribution in [1.82, 2.24) is 5.32 Å². The topological polar surface area (TPSA) is 75.3 Å². The van der Waals surface area contributed by atoms with Crippen LogP contribution in [0.25, 0.3) is 0 Å². The molecule has 0 unspecified atom stereocenters. The molecule has 6 heteroatoms. The van der Waals surface area contributed by atoms with E-state index in [1.165, 1.54) is 11.6 Å². The molecule has 134 valence electrons. The van der Waals surface area contributed by atoms with Crippen molar-refractivity contribution >= 4 is 21.6 Å². The van der Waals surface area contributed by atoms with Crippen molar-refractivity contribution in [3.8, 4) is 0 Å².